The number of carboxylic acid groups (broad SMARTS) is 2. The summed E-state index contributed by atoms with van der Waals surface area (Å²) >= 11 is 0. The van der Waals surface area contributed by atoms with Crippen LogP contribution in [0.25, 0.3) is 0 Å². The standard InChI is InChI=1S/C30H32O10/c1-2-24(31)37-17-3-4-18-5-7-19(8-6-18)20-9-11-21(12-10-20)29(36)38-23-15-13-22(14-16-23)30-39-25(27(32)33)26(40-30)28(34)35/h2,9-16,18-19,25-26,30H,1,3-8,17H2,(H,32,33)(H,34,35). The molecule has 0 radical (unpaired) electrons. The average molecular weight is 553 g/mol. The van der Waals surface area contributed by atoms with Crippen molar-refractivity contribution in [1.29, 1.82) is 0 Å². The van der Waals surface area contributed by atoms with Gasteiger partial charge < -0.3 is 29.2 Å². The van der Waals surface area contributed by atoms with Crippen LogP contribution in [0.4, 0.5) is 0 Å². The molecule has 2 N–H and O–H groups in total. The van der Waals surface area contributed by atoms with Crippen LogP contribution in [0.5, 0.6) is 5.75 Å². The highest BCUT2D eigenvalue weighted by Gasteiger charge is 2.46. The monoisotopic (exact) mass is 552 g/mol. The Hall–Kier alpha value is -4.02. The van der Waals surface area contributed by atoms with Crippen molar-refractivity contribution in [3.63, 3.8) is 0 Å². The number of esters is 2. The molecule has 2 aliphatic rings. The number of benzene rings is 2. The Morgan fingerprint density at radius 2 is 1.43 bits per heavy atom. The normalized spacial score (nSPS) is 24.1. The Bertz CT molecular complexity index is 1190. The molecule has 0 aromatic heterocycles. The van der Waals surface area contributed by atoms with E-state index in [-0.39, 0.29) is 11.7 Å². The zero-order chi connectivity index (χ0) is 28.6. The minimum absolute atomic E-state index is 0.262. The summed E-state index contributed by atoms with van der Waals surface area (Å²) in [6.45, 7) is 3.82. The van der Waals surface area contributed by atoms with Crippen LogP contribution in [0.1, 0.15) is 72.2 Å². The smallest absolute Gasteiger partial charge is 0.343 e. The predicted molar refractivity (Wildman–Crippen MR) is 141 cm³/mol. The molecule has 2 unspecified atom stereocenters. The third-order valence-corrected chi connectivity index (χ3v) is 7.30. The van der Waals surface area contributed by atoms with Crippen LogP contribution in [-0.2, 0) is 28.6 Å². The lowest BCUT2D eigenvalue weighted by Crippen LogP contribution is -2.36. The van der Waals surface area contributed by atoms with Gasteiger partial charge in [0.25, 0.3) is 0 Å². The highest BCUT2D eigenvalue weighted by Crippen LogP contribution is 2.38. The van der Waals surface area contributed by atoms with E-state index in [1.54, 1.807) is 12.1 Å². The molecule has 1 saturated carbocycles. The summed E-state index contributed by atoms with van der Waals surface area (Å²) in [7, 11) is 0. The van der Waals surface area contributed by atoms with E-state index in [1.807, 2.05) is 12.1 Å². The van der Waals surface area contributed by atoms with Crippen molar-refractivity contribution in [3.8, 4) is 5.75 Å². The van der Waals surface area contributed by atoms with E-state index in [4.69, 9.17) is 29.2 Å². The van der Waals surface area contributed by atoms with Gasteiger partial charge in [0, 0.05) is 11.6 Å². The minimum atomic E-state index is -1.63. The van der Waals surface area contributed by atoms with Crippen LogP contribution in [0.15, 0.2) is 61.2 Å². The first-order valence-electron chi connectivity index (χ1n) is 13.2. The van der Waals surface area contributed by atoms with Gasteiger partial charge in [-0.2, -0.15) is 0 Å². The van der Waals surface area contributed by atoms with E-state index in [1.165, 1.54) is 35.9 Å². The highest BCUT2D eigenvalue weighted by atomic mass is 16.7. The topological polar surface area (TPSA) is 146 Å². The van der Waals surface area contributed by atoms with Gasteiger partial charge in [-0.1, -0.05) is 30.8 Å². The summed E-state index contributed by atoms with van der Waals surface area (Å²) in [4.78, 5) is 46.3. The first-order valence-corrected chi connectivity index (χ1v) is 13.2. The molecule has 1 saturated heterocycles. The molecule has 0 bridgehead atoms. The summed E-state index contributed by atoms with van der Waals surface area (Å²) in [5.41, 5.74) is 1.99. The maximum absolute atomic E-state index is 12.7. The fraction of sp³-hybridized carbons (Fsp3) is 0.400. The third-order valence-electron chi connectivity index (χ3n) is 7.30. The zero-order valence-corrected chi connectivity index (χ0v) is 21.9. The number of aliphatic carboxylic acids is 2. The van der Waals surface area contributed by atoms with Crippen molar-refractivity contribution < 1.29 is 48.3 Å². The Labute approximate surface area is 231 Å². The molecule has 0 amide bonds. The lowest BCUT2D eigenvalue weighted by atomic mass is 9.77. The van der Waals surface area contributed by atoms with Crippen LogP contribution in [-0.4, -0.2) is 52.9 Å². The van der Waals surface area contributed by atoms with Crippen molar-refractivity contribution in [2.75, 3.05) is 6.61 Å². The van der Waals surface area contributed by atoms with Gasteiger partial charge in [0.05, 0.1) is 12.2 Å². The lowest BCUT2D eigenvalue weighted by Gasteiger charge is -2.29. The summed E-state index contributed by atoms with van der Waals surface area (Å²) < 4.78 is 21.0. The Morgan fingerprint density at radius 3 is 1.98 bits per heavy atom. The quantitative estimate of drug-likeness (QED) is 0.175. The number of carbonyl (C=O) groups is 4. The van der Waals surface area contributed by atoms with Gasteiger partial charge in [-0.3, -0.25) is 0 Å². The summed E-state index contributed by atoms with van der Waals surface area (Å²) in [6, 6.07) is 13.5. The average Bonchev–Trinajstić information content (AvgIpc) is 3.43. The molecular weight excluding hydrogens is 520 g/mol. The van der Waals surface area contributed by atoms with Crippen molar-refractivity contribution in [1.82, 2.24) is 0 Å². The molecule has 4 rings (SSSR count). The van der Waals surface area contributed by atoms with Crippen molar-refractivity contribution in [2.24, 2.45) is 5.92 Å². The molecule has 1 aliphatic heterocycles. The third kappa shape index (κ3) is 7.34. The van der Waals surface area contributed by atoms with Crippen molar-refractivity contribution >= 4 is 23.9 Å². The van der Waals surface area contributed by atoms with Crippen LogP contribution in [0, 0.1) is 5.92 Å². The molecule has 10 heteroatoms. The molecule has 1 aliphatic carbocycles. The van der Waals surface area contributed by atoms with Gasteiger partial charge in [0.15, 0.2) is 18.5 Å². The minimum Gasteiger partial charge on any atom is -0.479 e. The van der Waals surface area contributed by atoms with Gasteiger partial charge in [-0.25, -0.2) is 19.2 Å². The summed E-state index contributed by atoms with van der Waals surface area (Å²) in [5.74, 6) is -2.44. The SMILES string of the molecule is C=CC(=O)OCCCC1CCC(c2ccc(C(=O)Oc3ccc(C4OC(C(=O)O)C(C(=O)O)O4)cc3)cc2)CC1. The lowest BCUT2D eigenvalue weighted by molar-refractivity contribution is -0.156. The van der Waals surface area contributed by atoms with Crippen molar-refractivity contribution in [3.05, 3.63) is 77.9 Å². The van der Waals surface area contributed by atoms with Crippen molar-refractivity contribution in [2.45, 2.75) is 62.9 Å². The Morgan fingerprint density at radius 1 is 0.850 bits per heavy atom. The van der Waals surface area contributed by atoms with Gasteiger partial charge in [-0.15, -0.1) is 0 Å². The Kier molecular flexibility index (Phi) is 9.68. The maximum Gasteiger partial charge on any atom is 0.343 e. The van der Waals surface area contributed by atoms with E-state index in [0.717, 1.165) is 38.5 Å². The highest BCUT2D eigenvalue weighted by molar-refractivity contribution is 5.91. The van der Waals surface area contributed by atoms with E-state index in [0.29, 0.717) is 29.6 Å². The van der Waals surface area contributed by atoms with Gasteiger partial charge >= 0.3 is 23.9 Å². The molecule has 2 aromatic carbocycles. The molecular formula is C30H32O10. The van der Waals surface area contributed by atoms with Crippen LogP contribution in [0.2, 0.25) is 0 Å². The first-order chi connectivity index (χ1) is 19.2. The number of carboxylic acids is 2. The number of hydrogen-bond acceptors (Lipinski definition) is 8. The van der Waals surface area contributed by atoms with Crippen LogP contribution < -0.4 is 4.74 Å². The van der Waals surface area contributed by atoms with Crippen LogP contribution >= 0.6 is 0 Å². The maximum atomic E-state index is 12.7. The molecule has 40 heavy (non-hydrogen) atoms. The fourth-order valence-electron chi connectivity index (χ4n) is 5.11. The second-order valence-electron chi connectivity index (χ2n) is 9.93. The van der Waals surface area contributed by atoms with E-state index in [9.17, 15) is 19.2 Å². The van der Waals surface area contributed by atoms with Gasteiger partial charge in [0.2, 0.25) is 0 Å². The van der Waals surface area contributed by atoms with E-state index >= 15 is 0 Å². The largest absolute Gasteiger partial charge is 0.479 e. The molecule has 10 nitrogen and oxygen atoms in total. The van der Waals surface area contributed by atoms with E-state index in [2.05, 4.69) is 6.58 Å². The number of ether oxygens (including phenoxy) is 4. The predicted octanol–water partition coefficient (Wildman–Crippen LogP) is 4.64. The molecule has 0 spiro atoms. The van der Waals surface area contributed by atoms with Crippen LogP contribution in [0.3, 0.4) is 0 Å². The molecule has 2 atom stereocenters. The molecule has 212 valence electrons. The second kappa shape index (κ2) is 13.4. The zero-order valence-electron chi connectivity index (χ0n) is 21.9. The fourth-order valence-corrected chi connectivity index (χ4v) is 5.11. The number of hydrogen-bond donors (Lipinski definition) is 2. The first kappa shape index (κ1) is 29.0. The number of rotatable bonds is 11. The molecule has 1 heterocycles. The summed E-state index contributed by atoms with van der Waals surface area (Å²) in [5, 5.41) is 18.3. The molecule has 2 fully saturated rings. The van der Waals surface area contributed by atoms with Gasteiger partial charge in [-0.05, 0) is 80.2 Å². The van der Waals surface area contributed by atoms with E-state index < -0.39 is 36.4 Å². The second-order valence-corrected chi connectivity index (χ2v) is 9.93. The number of carbonyl (C=O) groups excluding carboxylic acids is 2. The molecule has 2 aromatic rings. The van der Waals surface area contributed by atoms with Gasteiger partial charge in [0.1, 0.15) is 5.75 Å². The Balaban J connectivity index is 1.25. The summed E-state index contributed by atoms with van der Waals surface area (Å²) in [6.07, 6.45) is 3.02.